The van der Waals surface area contributed by atoms with Gasteiger partial charge in [0.2, 0.25) is 5.82 Å². The molecule has 0 saturated heterocycles. The summed E-state index contributed by atoms with van der Waals surface area (Å²) in [7, 11) is 0. The summed E-state index contributed by atoms with van der Waals surface area (Å²) in [4.78, 5) is 0. The summed E-state index contributed by atoms with van der Waals surface area (Å²) in [6, 6.07) is 2.75. The quantitative estimate of drug-likeness (QED) is 0.613. The van der Waals surface area contributed by atoms with Gasteiger partial charge in [0.1, 0.15) is 0 Å². The van der Waals surface area contributed by atoms with E-state index >= 15 is 0 Å². The fourth-order valence-electron chi connectivity index (χ4n) is 3.62. The van der Waals surface area contributed by atoms with Crippen molar-refractivity contribution in [2.75, 3.05) is 0 Å². The van der Waals surface area contributed by atoms with Crippen LogP contribution in [0.5, 0.6) is 5.75 Å². The second-order valence-electron chi connectivity index (χ2n) is 6.79. The van der Waals surface area contributed by atoms with Crippen LogP contribution in [0.4, 0.5) is 8.78 Å². The number of hydrogen-bond acceptors (Lipinski definition) is 1. The van der Waals surface area contributed by atoms with Gasteiger partial charge in [-0.05, 0) is 36.3 Å². The molecule has 124 valence electrons. The Morgan fingerprint density at radius 1 is 0.955 bits per heavy atom. The summed E-state index contributed by atoms with van der Waals surface area (Å²) in [6.07, 6.45) is 11.8. The number of unbranched alkanes of at least 4 members (excludes halogenated alkanes) is 2. The van der Waals surface area contributed by atoms with E-state index < -0.39 is 17.4 Å². The molecule has 2 rings (SSSR count). The van der Waals surface area contributed by atoms with E-state index in [4.69, 9.17) is 5.11 Å². The number of aryl methyl sites for hydroxylation is 1. The zero-order chi connectivity index (χ0) is 15.9. The number of phenolic OH excluding ortho intramolecular Hbond substituents is 1. The Morgan fingerprint density at radius 3 is 2.23 bits per heavy atom. The summed E-state index contributed by atoms with van der Waals surface area (Å²) in [5, 5.41) is 9.14. The average molecular weight is 310 g/mol. The van der Waals surface area contributed by atoms with E-state index in [1.165, 1.54) is 63.5 Å². The van der Waals surface area contributed by atoms with Crippen LogP contribution in [0.25, 0.3) is 0 Å². The van der Waals surface area contributed by atoms with Crippen molar-refractivity contribution in [1.29, 1.82) is 0 Å². The molecule has 1 aliphatic carbocycles. The molecular weight excluding hydrogens is 282 g/mol. The smallest absolute Gasteiger partial charge is 0.200 e. The van der Waals surface area contributed by atoms with Crippen LogP contribution in [0.2, 0.25) is 0 Å². The van der Waals surface area contributed by atoms with Gasteiger partial charge < -0.3 is 5.11 Å². The van der Waals surface area contributed by atoms with Crippen LogP contribution in [-0.4, -0.2) is 5.11 Å². The zero-order valence-electron chi connectivity index (χ0n) is 13.6. The van der Waals surface area contributed by atoms with Gasteiger partial charge in [0.05, 0.1) is 0 Å². The monoisotopic (exact) mass is 310 g/mol. The molecule has 1 aromatic carbocycles. The molecule has 1 aliphatic rings. The molecule has 0 radical (unpaired) electrons. The number of benzene rings is 1. The third-order valence-electron chi connectivity index (χ3n) is 5.15. The largest absolute Gasteiger partial charge is 0.505 e. The first-order chi connectivity index (χ1) is 10.6. The Labute approximate surface area is 132 Å². The van der Waals surface area contributed by atoms with Gasteiger partial charge in [-0.1, -0.05) is 64.4 Å². The highest BCUT2D eigenvalue weighted by Crippen LogP contribution is 2.34. The van der Waals surface area contributed by atoms with E-state index in [2.05, 4.69) is 6.92 Å². The van der Waals surface area contributed by atoms with Gasteiger partial charge in [0.25, 0.3) is 0 Å². The predicted octanol–water partition coefficient (Wildman–Crippen LogP) is 5.99. The summed E-state index contributed by atoms with van der Waals surface area (Å²) in [6.45, 7) is 2.24. The molecular formula is C19H28F2O. The lowest BCUT2D eigenvalue weighted by Gasteiger charge is -2.28. The minimum Gasteiger partial charge on any atom is -0.505 e. The molecule has 0 amide bonds. The first kappa shape index (κ1) is 17.2. The lowest BCUT2D eigenvalue weighted by Crippen LogP contribution is -2.15. The van der Waals surface area contributed by atoms with E-state index in [1.54, 1.807) is 0 Å². The van der Waals surface area contributed by atoms with Gasteiger partial charge in [-0.25, -0.2) is 4.39 Å². The molecule has 0 aromatic heterocycles. The fourth-order valence-corrected chi connectivity index (χ4v) is 3.62. The van der Waals surface area contributed by atoms with E-state index in [9.17, 15) is 8.78 Å². The molecule has 0 unspecified atom stereocenters. The molecule has 1 aromatic rings. The number of phenols is 1. The maximum absolute atomic E-state index is 13.7. The zero-order valence-corrected chi connectivity index (χ0v) is 13.6. The van der Waals surface area contributed by atoms with Crippen LogP contribution in [-0.2, 0) is 6.42 Å². The lowest BCUT2D eigenvalue weighted by molar-refractivity contribution is 0.248. The second-order valence-corrected chi connectivity index (χ2v) is 6.79. The Hall–Kier alpha value is -1.12. The van der Waals surface area contributed by atoms with E-state index in [1.807, 2.05) is 0 Å². The van der Waals surface area contributed by atoms with E-state index in [0.29, 0.717) is 17.9 Å². The van der Waals surface area contributed by atoms with Crippen LogP contribution < -0.4 is 0 Å². The number of rotatable bonds is 7. The minimum atomic E-state index is -1.11. The van der Waals surface area contributed by atoms with Gasteiger partial charge in [-0.3, -0.25) is 0 Å². The molecule has 0 atom stereocenters. The van der Waals surface area contributed by atoms with Crippen molar-refractivity contribution in [2.45, 2.75) is 71.1 Å². The third kappa shape index (κ3) is 4.69. The molecule has 22 heavy (non-hydrogen) atoms. The lowest BCUT2D eigenvalue weighted by atomic mass is 9.78. The van der Waals surface area contributed by atoms with E-state index in [0.717, 1.165) is 12.3 Å². The van der Waals surface area contributed by atoms with Gasteiger partial charge in [-0.2, -0.15) is 4.39 Å². The second kappa shape index (κ2) is 8.50. The van der Waals surface area contributed by atoms with Crippen molar-refractivity contribution in [2.24, 2.45) is 11.8 Å². The number of hydrogen-bond donors (Lipinski definition) is 1. The molecule has 1 N–H and O–H groups in total. The van der Waals surface area contributed by atoms with Crippen molar-refractivity contribution >= 4 is 0 Å². The summed E-state index contributed by atoms with van der Waals surface area (Å²) in [5.74, 6) is -1.08. The van der Waals surface area contributed by atoms with Crippen LogP contribution in [0.1, 0.15) is 70.3 Å². The van der Waals surface area contributed by atoms with Crippen molar-refractivity contribution in [3.8, 4) is 5.75 Å². The van der Waals surface area contributed by atoms with Gasteiger partial charge in [0, 0.05) is 0 Å². The average Bonchev–Trinajstić information content (AvgIpc) is 2.53. The topological polar surface area (TPSA) is 20.2 Å². The maximum Gasteiger partial charge on any atom is 0.200 e. The highest BCUT2D eigenvalue weighted by Gasteiger charge is 2.21. The molecule has 1 saturated carbocycles. The van der Waals surface area contributed by atoms with Crippen LogP contribution in [0.15, 0.2) is 12.1 Å². The Bertz CT molecular complexity index is 465. The van der Waals surface area contributed by atoms with Crippen LogP contribution in [0, 0.1) is 23.5 Å². The highest BCUT2D eigenvalue weighted by molar-refractivity contribution is 5.29. The van der Waals surface area contributed by atoms with Crippen molar-refractivity contribution in [3.05, 3.63) is 29.3 Å². The van der Waals surface area contributed by atoms with Crippen molar-refractivity contribution < 1.29 is 13.9 Å². The first-order valence-corrected chi connectivity index (χ1v) is 8.77. The van der Waals surface area contributed by atoms with E-state index in [-0.39, 0.29) is 0 Å². The highest BCUT2D eigenvalue weighted by atomic mass is 19.2. The molecule has 0 spiro atoms. The van der Waals surface area contributed by atoms with Crippen LogP contribution >= 0.6 is 0 Å². The Morgan fingerprint density at radius 2 is 1.59 bits per heavy atom. The molecule has 1 nitrogen and oxygen atoms in total. The third-order valence-corrected chi connectivity index (χ3v) is 5.15. The summed E-state index contributed by atoms with van der Waals surface area (Å²) >= 11 is 0. The van der Waals surface area contributed by atoms with Crippen molar-refractivity contribution in [3.63, 3.8) is 0 Å². The first-order valence-electron chi connectivity index (χ1n) is 8.77. The van der Waals surface area contributed by atoms with Gasteiger partial charge in [-0.15, -0.1) is 0 Å². The molecule has 1 fully saturated rings. The predicted molar refractivity (Wildman–Crippen MR) is 85.9 cm³/mol. The van der Waals surface area contributed by atoms with Crippen molar-refractivity contribution in [1.82, 2.24) is 0 Å². The standard InChI is InChI=1S/C19H28F2O/c1-2-3-4-5-14-6-8-15(9-7-14)10-11-16-12-13-17(22)19(21)18(16)20/h12-15,22H,2-11H2,1H3/t14-,15-. The SMILES string of the molecule is CCCCC[C@H]1CC[C@H](CCc2ccc(O)c(F)c2F)CC1. The maximum atomic E-state index is 13.7. The van der Waals surface area contributed by atoms with Crippen LogP contribution in [0.3, 0.4) is 0 Å². The molecule has 0 heterocycles. The number of aromatic hydroxyl groups is 1. The fraction of sp³-hybridized carbons (Fsp3) is 0.684. The summed E-state index contributed by atoms with van der Waals surface area (Å²) in [5.41, 5.74) is 0.389. The van der Waals surface area contributed by atoms with Gasteiger partial charge in [0.15, 0.2) is 11.6 Å². The Kier molecular flexibility index (Phi) is 6.66. The number of halogens is 2. The molecule has 3 heteroatoms. The minimum absolute atomic E-state index is 0.389. The summed E-state index contributed by atoms with van der Waals surface area (Å²) < 4.78 is 27.0. The normalized spacial score (nSPS) is 22.0. The Balaban J connectivity index is 1.74. The molecule has 0 aliphatic heterocycles. The molecule has 0 bridgehead atoms. The van der Waals surface area contributed by atoms with Gasteiger partial charge >= 0.3 is 0 Å².